The number of aliphatic imine (C=N–C) groups is 2. The molecule has 0 saturated carbocycles. The zero-order chi connectivity index (χ0) is 18.3. The van der Waals surface area contributed by atoms with E-state index in [9.17, 15) is 0 Å². The van der Waals surface area contributed by atoms with Gasteiger partial charge in [0.15, 0.2) is 0 Å². The molecule has 1 aromatic heterocycles. The third-order valence-electron chi connectivity index (χ3n) is 5.52. The van der Waals surface area contributed by atoms with Crippen molar-refractivity contribution in [1.29, 1.82) is 0 Å². The van der Waals surface area contributed by atoms with Crippen LogP contribution in [-0.4, -0.2) is 29.6 Å². The molecule has 26 heavy (non-hydrogen) atoms. The highest BCUT2D eigenvalue weighted by atomic mass is 15.2. The van der Waals surface area contributed by atoms with Gasteiger partial charge in [0.25, 0.3) is 0 Å². The van der Waals surface area contributed by atoms with Crippen LogP contribution in [0, 0.1) is 0 Å². The van der Waals surface area contributed by atoms with Gasteiger partial charge in [0.05, 0.1) is 11.4 Å². The first-order valence-corrected chi connectivity index (χ1v) is 9.07. The van der Waals surface area contributed by atoms with Gasteiger partial charge in [0.2, 0.25) is 0 Å². The van der Waals surface area contributed by atoms with Gasteiger partial charge >= 0.3 is 0 Å². The SMILES string of the molecule is CC1=NC(=CCC2N(C)c3ccccc3C2(C)C)C(c2ccccn2)=N1. The number of rotatable bonds is 3. The summed E-state index contributed by atoms with van der Waals surface area (Å²) in [6.45, 7) is 6.59. The fourth-order valence-corrected chi connectivity index (χ4v) is 4.14. The molecular formula is C22H24N4. The van der Waals surface area contributed by atoms with E-state index >= 15 is 0 Å². The molecule has 1 aromatic carbocycles. The summed E-state index contributed by atoms with van der Waals surface area (Å²) in [5.41, 5.74) is 5.51. The van der Waals surface area contributed by atoms with Gasteiger partial charge in [0.1, 0.15) is 11.5 Å². The van der Waals surface area contributed by atoms with Gasteiger partial charge < -0.3 is 4.90 Å². The molecule has 0 N–H and O–H groups in total. The standard InChI is InChI=1S/C22H24N4/c1-15-24-18(21(25-15)17-10-7-8-14-23-17)12-13-20-22(2,3)16-9-5-6-11-19(16)26(20)4/h5-12,14,20H,13H2,1-4H3. The van der Waals surface area contributed by atoms with Crippen LogP contribution >= 0.6 is 0 Å². The largest absolute Gasteiger partial charge is 0.370 e. The Morgan fingerprint density at radius 3 is 2.58 bits per heavy atom. The van der Waals surface area contributed by atoms with Crippen molar-refractivity contribution in [2.24, 2.45) is 9.98 Å². The molecule has 0 bridgehead atoms. The molecule has 0 saturated heterocycles. The number of likely N-dealkylation sites (N-methyl/N-ethyl adjacent to an activating group) is 1. The molecule has 0 aliphatic carbocycles. The first-order chi connectivity index (χ1) is 12.5. The van der Waals surface area contributed by atoms with Crippen LogP contribution in [0.4, 0.5) is 5.69 Å². The molecule has 0 radical (unpaired) electrons. The van der Waals surface area contributed by atoms with Gasteiger partial charge in [-0.2, -0.15) is 0 Å². The molecule has 0 fully saturated rings. The lowest BCUT2D eigenvalue weighted by molar-refractivity contribution is 0.429. The molecule has 0 spiro atoms. The molecular weight excluding hydrogens is 320 g/mol. The van der Waals surface area contributed by atoms with Crippen LogP contribution in [0.1, 0.15) is 38.4 Å². The van der Waals surface area contributed by atoms with Crippen molar-refractivity contribution in [3.8, 4) is 0 Å². The zero-order valence-electron chi connectivity index (χ0n) is 15.8. The van der Waals surface area contributed by atoms with Gasteiger partial charge in [-0.15, -0.1) is 0 Å². The molecule has 4 nitrogen and oxygen atoms in total. The number of allylic oxidation sites excluding steroid dienone is 1. The summed E-state index contributed by atoms with van der Waals surface area (Å²) < 4.78 is 0. The van der Waals surface area contributed by atoms with E-state index in [4.69, 9.17) is 0 Å². The monoisotopic (exact) mass is 344 g/mol. The molecule has 2 aliphatic rings. The van der Waals surface area contributed by atoms with E-state index in [0.29, 0.717) is 6.04 Å². The molecule has 0 amide bonds. The van der Waals surface area contributed by atoms with Gasteiger partial charge in [-0.05, 0) is 37.1 Å². The lowest BCUT2D eigenvalue weighted by Gasteiger charge is -2.31. The third-order valence-corrected chi connectivity index (χ3v) is 5.52. The van der Waals surface area contributed by atoms with Crippen LogP contribution in [0.2, 0.25) is 0 Å². The Labute approximate surface area is 155 Å². The predicted octanol–water partition coefficient (Wildman–Crippen LogP) is 4.37. The van der Waals surface area contributed by atoms with Crippen molar-refractivity contribution in [3.63, 3.8) is 0 Å². The Morgan fingerprint density at radius 1 is 1.08 bits per heavy atom. The minimum absolute atomic E-state index is 0.0854. The van der Waals surface area contributed by atoms with Crippen molar-refractivity contribution < 1.29 is 0 Å². The van der Waals surface area contributed by atoms with Crippen molar-refractivity contribution >= 4 is 17.2 Å². The average molecular weight is 344 g/mol. The van der Waals surface area contributed by atoms with E-state index in [0.717, 1.165) is 29.4 Å². The Morgan fingerprint density at radius 2 is 1.85 bits per heavy atom. The van der Waals surface area contributed by atoms with Crippen molar-refractivity contribution in [2.45, 2.75) is 38.6 Å². The number of nitrogens with zero attached hydrogens (tertiary/aromatic N) is 4. The fourth-order valence-electron chi connectivity index (χ4n) is 4.14. The summed E-state index contributed by atoms with van der Waals surface area (Å²) in [6, 6.07) is 15.0. The van der Waals surface area contributed by atoms with Crippen LogP contribution in [0.3, 0.4) is 0 Å². The van der Waals surface area contributed by atoms with Crippen LogP contribution in [0.15, 0.2) is 70.4 Å². The smallest absolute Gasteiger partial charge is 0.126 e. The highest BCUT2D eigenvalue weighted by Crippen LogP contribution is 2.45. The van der Waals surface area contributed by atoms with E-state index in [2.05, 4.69) is 71.1 Å². The lowest BCUT2D eigenvalue weighted by atomic mass is 9.79. The number of para-hydroxylation sites is 1. The third kappa shape index (κ3) is 2.66. The first-order valence-electron chi connectivity index (χ1n) is 9.07. The summed E-state index contributed by atoms with van der Waals surface area (Å²) in [4.78, 5) is 16.1. The molecule has 2 aliphatic heterocycles. The molecule has 4 rings (SSSR count). The summed E-state index contributed by atoms with van der Waals surface area (Å²) >= 11 is 0. The number of aromatic nitrogens is 1. The molecule has 4 heteroatoms. The van der Waals surface area contributed by atoms with Gasteiger partial charge in [-0.3, -0.25) is 4.98 Å². The number of benzene rings is 1. The van der Waals surface area contributed by atoms with E-state index in [1.165, 1.54) is 11.3 Å². The van der Waals surface area contributed by atoms with E-state index in [1.807, 2.05) is 25.1 Å². The molecule has 3 heterocycles. The fraction of sp³-hybridized carbons (Fsp3) is 0.318. The molecule has 1 unspecified atom stereocenters. The highest BCUT2D eigenvalue weighted by Gasteiger charge is 2.42. The normalized spacial score (nSPS) is 22.4. The van der Waals surface area contributed by atoms with E-state index < -0.39 is 0 Å². The number of fused-ring (bicyclic) bond motifs is 1. The van der Waals surface area contributed by atoms with Crippen LogP contribution in [-0.2, 0) is 5.41 Å². The second-order valence-electron chi connectivity index (χ2n) is 7.53. The highest BCUT2D eigenvalue weighted by molar-refractivity contribution is 6.19. The lowest BCUT2D eigenvalue weighted by Crippen LogP contribution is -2.38. The quantitative estimate of drug-likeness (QED) is 0.829. The second kappa shape index (κ2) is 6.20. The van der Waals surface area contributed by atoms with Crippen molar-refractivity contribution in [2.75, 3.05) is 11.9 Å². The predicted molar refractivity (Wildman–Crippen MR) is 108 cm³/mol. The second-order valence-corrected chi connectivity index (χ2v) is 7.53. The van der Waals surface area contributed by atoms with Gasteiger partial charge in [0, 0.05) is 30.4 Å². The van der Waals surface area contributed by atoms with Gasteiger partial charge in [-0.25, -0.2) is 9.98 Å². The van der Waals surface area contributed by atoms with E-state index in [-0.39, 0.29) is 5.41 Å². The Kier molecular flexibility index (Phi) is 3.98. The van der Waals surface area contributed by atoms with Crippen LogP contribution in [0.25, 0.3) is 0 Å². The van der Waals surface area contributed by atoms with Crippen LogP contribution in [0.5, 0.6) is 0 Å². The maximum absolute atomic E-state index is 4.64. The summed E-state index contributed by atoms with van der Waals surface area (Å²) in [6.07, 6.45) is 4.93. The van der Waals surface area contributed by atoms with Gasteiger partial charge in [-0.1, -0.05) is 44.2 Å². The average Bonchev–Trinajstić information content (AvgIpc) is 3.10. The van der Waals surface area contributed by atoms with Crippen molar-refractivity contribution in [1.82, 2.24) is 4.98 Å². The number of hydrogen-bond acceptors (Lipinski definition) is 4. The maximum Gasteiger partial charge on any atom is 0.126 e. The Balaban J connectivity index is 1.63. The Hall–Kier alpha value is -2.75. The topological polar surface area (TPSA) is 40.9 Å². The molecule has 132 valence electrons. The number of anilines is 1. The van der Waals surface area contributed by atoms with Crippen LogP contribution < -0.4 is 4.90 Å². The zero-order valence-corrected chi connectivity index (χ0v) is 15.8. The summed E-state index contributed by atoms with van der Waals surface area (Å²) in [5.74, 6) is 0.791. The summed E-state index contributed by atoms with van der Waals surface area (Å²) in [5, 5.41) is 0. The number of amidine groups is 1. The molecule has 1 atom stereocenters. The maximum atomic E-state index is 4.64. The minimum atomic E-state index is 0.0854. The first kappa shape index (κ1) is 16.7. The Bertz CT molecular complexity index is 922. The van der Waals surface area contributed by atoms with Crippen molar-refractivity contribution in [3.05, 3.63) is 71.7 Å². The minimum Gasteiger partial charge on any atom is -0.370 e. The summed E-state index contributed by atoms with van der Waals surface area (Å²) in [7, 11) is 2.19. The number of pyridine rings is 1. The van der Waals surface area contributed by atoms with E-state index in [1.54, 1.807) is 6.20 Å². The number of hydrogen-bond donors (Lipinski definition) is 0. The molecule has 2 aromatic rings.